The minimum Gasteiger partial charge on any atom is -0.307 e. The summed E-state index contributed by atoms with van der Waals surface area (Å²) in [6.07, 6.45) is 0.447. The van der Waals surface area contributed by atoms with Crippen molar-refractivity contribution in [3.63, 3.8) is 0 Å². The van der Waals surface area contributed by atoms with Crippen molar-refractivity contribution in [2.75, 3.05) is 16.8 Å². The van der Waals surface area contributed by atoms with E-state index in [1.165, 1.54) is 6.07 Å². The largest absolute Gasteiger partial charge is 0.307 e. The third-order valence-electron chi connectivity index (χ3n) is 4.78. The summed E-state index contributed by atoms with van der Waals surface area (Å²) in [7, 11) is -3.12. The van der Waals surface area contributed by atoms with Crippen LogP contribution in [0.5, 0.6) is 0 Å². The Morgan fingerprint density at radius 1 is 1.10 bits per heavy atom. The predicted octanol–water partition coefficient (Wildman–Crippen LogP) is 4.47. The lowest BCUT2D eigenvalue weighted by Gasteiger charge is -2.14. The molecule has 0 spiro atoms. The van der Waals surface area contributed by atoms with Crippen LogP contribution in [-0.2, 0) is 9.84 Å². The molecule has 1 aliphatic rings. The number of halogens is 2. The van der Waals surface area contributed by atoms with Crippen LogP contribution in [0.4, 0.5) is 5.82 Å². The van der Waals surface area contributed by atoms with Crippen molar-refractivity contribution in [1.29, 1.82) is 0 Å². The highest BCUT2D eigenvalue weighted by Gasteiger charge is 2.32. The van der Waals surface area contributed by atoms with Crippen LogP contribution in [0, 0.1) is 0 Å². The number of nitrogens with zero attached hydrogens (tertiary/aromatic N) is 2. The monoisotopic (exact) mass is 449 g/mol. The first-order valence-electron chi connectivity index (χ1n) is 8.94. The van der Waals surface area contributed by atoms with Crippen LogP contribution >= 0.6 is 23.2 Å². The summed E-state index contributed by atoms with van der Waals surface area (Å²) in [6.45, 7) is 0. The lowest BCUT2D eigenvalue weighted by molar-refractivity contribution is 0.102. The Balaban J connectivity index is 1.71. The lowest BCUT2D eigenvalue weighted by Crippen LogP contribution is -2.19. The average molecular weight is 450 g/mol. The van der Waals surface area contributed by atoms with Crippen molar-refractivity contribution in [1.82, 2.24) is 9.78 Å². The molecule has 6 nitrogen and oxygen atoms in total. The molecule has 0 aliphatic carbocycles. The summed E-state index contributed by atoms with van der Waals surface area (Å²) in [4.78, 5) is 12.8. The summed E-state index contributed by atoms with van der Waals surface area (Å²) in [5, 5.41) is 8.07. The van der Waals surface area contributed by atoms with Gasteiger partial charge in [0.1, 0.15) is 5.82 Å². The number of benzene rings is 2. The third-order valence-corrected chi connectivity index (χ3v) is 7.08. The molecule has 0 bridgehead atoms. The highest BCUT2D eigenvalue weighted by molar-refractivity contribution is 7.91. The summed E-state index contributed by atoms with van der Waals surface area (Å²) in [5.74, 6) is 0.0949. The van der Waals surface area contributed by atoms with E-state index in [-0.39, 0.29) is 28.1 Å². The van der Waals surface area contributed by atoms with Crippen LogP contribution < -0.4 is 5.32 Å². The van der Waals surface area contributed by atoms with Crippen molar-refractivity contribution < 1.29 is 13.2 Å². The summed E-state index contributed by atoms with van der Waals surface area (Å²) in [5.41, 5.74) is 1.78. The van der Waals surface area contributed by atoms with E-state index in [4.69, 9.17) is 23.2 Å². The van der Waals surface area contributed by atoms with Crippen molar-refractivity contribution in [2.45, 2.75) is 12.5 Å². The van der Waals surface area contributed by atoms with Gasteiger partial charge in [0, 0.05) is 16.7 Å². The molecule has 0 saturated carbocycles. The maximum Gasteiger partial charge on any atom is 0.258 e. The molecular formula is C20H17Cl2N3O3S. The zero-order valence-corrected chi connectivity index (χ0v) is 17.5. The molecule has 0 unspecified atom stereocenters. The number of hydrogen-bond donors (Lipinski definition) is 1. The molecule has 1 aromatic heterocycles. The SMILES string of the molecule is O=C(Nc1cc(-c2ccccc2)nn1[C@@H]1CCS(=O)(=O)C1)c1ccc(Cl)cc1Cl. The maximum atomic E-state index is 12.8. The number of hydrogen-bond acceptors (Lipinski definition) is 4. The summed E-state index contributed by atoms with van der Waals surface area (Å²) < 4.78 is 25.5. The normalized spacial score (nSPS) is 17.9. The molecule has 150 valence electrons. The van der Waals surface area contributed by atoms with E-state index in [2.05, 4.69) is 10.4 Å². The van der Waals surface area contributed by atoms with E-state index in [9.17, 15) is 13.2 Å². The second kappa shape index (κ2) is 7.82. The van der Waals surface area contributed by atoms with Crippen LogP contribution in [0.25, 0.3) is 11.3 Å². The fourth-order valence-corrected chi connectivity index (χ4v) is 5.53. The fraction of sp³-hybridized carbons (Fsp3) is 0.200. The van der Waals surface area contributed by atoms with Crippen molar-refractivity contribution in [3.8, 4) is 11.3 Å². The van der Waals surface area contributed by atoms with E-state index >= 15 is 0 Å². The molecule has 1 N–H and O–H groups in total. The maximum absolute atomic E-state index is 12.8. The average Bonchev–Trinajstić information content (AvgIpc) is 3.25. The van der Waals surface area contributed by atoms with Crippen LogP contribution in [0.15, 0.2) is 54.6 Å². The number of nitrogens with one attached hydrogen (secondary N) is 1. The molecule has 29 heavy (non-hydrogen) atoms. The zero-order chi connectivity index (χ0) is 20.6. The quantitative estimate of drug-likeness (QED) is 0.636. The Bertz CT molecular complexity index is 1180. The minimum absolute atomic E-state index is 0.00647. The smallest absolute Gasteiger partial charge is 0.258 e. The first kappa shape index (κ1) is 19.9. The topological polar surface area (TPSA) is 81.1 Å². The standard InChI is InChI=1S/C20H17Cl2N3O3S/c21-14-6-7-16(17(22)10-14)20(26)23-19-11-18(13-4-2-1-3-5-13)24-25(19)15-8-9-29(27,28)12-15/h1-7,10-11,15H,8-9,12H2,(H,23,26)/t15-/m1/s1. The van der Waals surface area contributed by atoms with Gasteiger partial charge in [-0.15, -0.1) is 0 Å². The van der Waals surface area contributed by atoms with Crippen molar-refractivity contribution in [2.24, 2.45) is 0 Å². The Morgan fingerprint density at radius 3 is 2.52 bits per heavy atom. The van der Waals surface area contributed by atoms with Crippen molar-refractivity contribution >= 4 is 44.8 Å². The van der Waals surface area contributed by atoms with E-state index in [1.54, 1.807) is 22.9 Å². The van der Waals surface area contributed by atoms with E-state index in [1.807, 2.05) is 30.3 Å². The van der Waals surface area contributed by atoms with Gasteiger partial charge in [-0.3, -0.25) is 4.79 Å². The van der Waals surface area contributed by atoms with Gasteiger partial charge in [-0.2, -0.15) is 5.10 Å². The third kappa shape index (κ3) is 4.32. The van der Waals surface area contributed by atoms with Gasteiger partial charge in [-0.05, 0) is 24.6 Å². The molecule has 4 rings (SSSR count). The number of carbonyl (C=O) groups excluding carboxylic acids is 1. The van der Waals surface area contributed by atoms with Gasteiger partial charge in [-0.25, -0.2) is 13.1 Å². The zero-order valence-electron chi connectivity index (χ0n) is 15.2. The molecule has 1 amide bonds. The summed E-state index contributed by atoms with van der Waals surface area (Å²) in [6, 6.07) is 15.5. The number of sulfone groups is 1. The Labute approximate surface area is 178 Å². The van der Waals surface area contributed by atoms with Gasteiger partial charge < -0.3 is 5.32 Å². The second-order valence-corrected chi connectivity index (χ2v) is 9.93. The van der Waals surface area contributed by atoms with Crippen LogP contribution in [0.1, 0.15) is 22.8 Å². The molecule has 1 aliphatic heterocycles. The molecule has 0 radical (unpaired) electrons. The van der Waals surface area contributed by atoms with Gasteiger partial charge in [0.2, 0.25) is 0 Å². The lowest BCUT2D eigenvalue weighted by atomic mass is 10.1. The molecule has 2 heterocycles. The predicted molar refractivity (Wildman–Crippen MR) is 114 cm³/mol. The van der Waals surface area contributed by atoms with Crippen LogP contribution in [0.3, 0.4) is 0 Å². The number of rotatable bonds is 4. The van der Waals surface area contributed by atoms with Gasteiger partial charge in [0.05, 0.1) is 33.8 Å². The molecule has 1 atom stereocenters. The van der Waals surface area contributed by atoms with Crippen LogP contribution in [-0.4, -0.2) is 35.6 Å². The van der Waals surface area contributed by atoms with Crippen LogP contribution in [0.2, 0.25) is 10.0 Å². The van der Waals surface area contributed by atoms with Gasteiger partial charge >= 0.3 is 0 Å². The van der Waals surface area contributed by atoms with E-state index in [0.717, 1.165) is 5.56 Å². The molecule has 9 heteroatoms. The van der Waals surface area contributed by atoms with Gasteiger partial charge in [0.25, 0.3) is 5.91 Å². The molecule has 2 aromatic carbocycles. The number of amides is 1. The molecular weight excluding hydrogens is 433 g/mol. The Morgan fingerprint density at radius 2 is 1.86 bits per heavy atom. The summed E-state index contributed by atoms with van der Waals surface area (Å²) >= 11 is 12.1. The highest BCUT2D eigenvalue weighted by atomic mass is 35.5. The molecule has 3 aromatic rings. The first-order valence-corrected chi connectivity index (χ1v) is 11.5. The van der Waals surface area contributed by atoms with Gasteiger partial charge in [-0.1, -0.05) is 53.5 Å². The Kier molecular flexibility index (Phi) is 5.38. The van der Waals surface area contributed by atoms with E-state index in [0.29, 0.717) is 23.0 Å². The number of carbonyl (C=O) groups is 1. The minimum atomic E-state index is -3.12. The highest BCUT2D eigenvalue weighted by Crippen LogP contribution is 2.31. The number of anilines is 1. The second-order valence-electron chi connectivity index (χ2n) is 6.86. The molecule has 1 fully saturated rings. The first-order chi connectivity index (χ1) is 13.8. The molecule has 1 saturated heterocycles. The Hall–Kier alpha value is -2.35. The van der Waals surface area contributed by atoms with Gasteiger partial charge in [0.15, 0.2) is 9.84 Å². The fourth-order valence-electron chi connectivity index (χ4n) is 3.34. The van der Waals surface area contributed by atoms with E-state index < -0.39 is 15.7 Å². The van der Waals surface area contributed by atoms with Crippen molar-refractivity contribution in [3.05, 3.63) is 70.2 Å². The number of aromatic nitrogens is 2.